The van der Waals surface area contributed by atoms with Gasteiger partial charge in [-0.15, -0.1) is 0 Å². The Morgan fingerprint density at radius 1 is 0.952 bits per heavy atom. The van der Waals surface area contributed by atoms with Gasteiger partial charge in [0.05, 0.1) is 19.1 Å². The Bertz CT molecular complexity index is 1500. The van der Waals surface area contributed by atoms with Gasteiger partial charge < -0.3 is 15.0 Å². The van der Waals surface area contributed by atoms with Crippen molar-refractivity contribution in [2.45, 2.75) is 50.7 Å². The van der Waals surface area contributed by atoms with Gasteiger partial charge in [0.15, 0.2) is 11.6 Å². The molecule has 1 aliphatic rings. The Hall–Kier alpha value is -3.99. The quantitative estimate of drug-likeness (QED) is 0.332. The topological polar surface area (TPSA) is 96.0 Å². The first-order chi connectivity index (χ1) is 20.0. The van der Waals surface area contributed by atoms with Crippen LogP contribution in [-0.2, 0) is 32.6 Å². The van der Waals surface area contributed by atoms with Crippen LogP contribution in [0.2, 0.25) is 0 Å². The molecule has 0 heterocycles. The van der Waals surface area contributed by atoms with E-state index in [4.69, 9.17) is 4.74 Å². The summed E-state index contributed by atoms with van der Waals surface area (Å²) in [4.78, 5) is 29.3. The van der Waals surface area contributed by atoms with Gasteiger partial charge in [0.1, 0.15) is 18.3 Å². The maximum Gasteiger partial charge on any atom is 0.244 e. The first-order valence-electron chi connectivity index (χ1n) is 13.7. The fourth-order valence-electron chi connectivity index (χ4n) is 5.14. The number of sulfonamides is 1. The molecule has 1 aliphatic carbocycles. The Morgan fingerprint density at radius 3 is 2.29 bits per heavy atom. The van der Waals surface area contributed by atoms with Gasteiger partial charge in [0, 0.05) is 25.1 Å². The molecule has 11 heteroatoms. The average molecular weight is 600 g/mol. The first-order valence-corrected chi connectivity index (χ1v) is 15.6. The van der Waals surface area contributed by atoms with E-state index in [9.17, 15) is 26.8 Å². The zero-order valence-electron chi connectivity index (χ0n) is 23.6. The van der Waals surface area contributed by atoms with E-state index in [0.29, 0.717) is 15.6 Å². The van der Waals surface area contributed by atoms with E-state index < -0.39 is 40.2 Å². The molecule has 1 unspecified atom stereocenters. The van der Waals surface area contributed by atoms with Gasteiger partial charge in [-0.3, -0.25) is 13.9 Å². The van der Waals surface area contributed by atoms with Gasteiger partial charge >= 0.3 is 0 Å². The Morgan fingerprint density at radius 2 is 1.64 bits per heavy atom. The van der Waals surface area contributed by atoms with E-state index in [-0.39, 0.29) is 30.6 Å². The van der Waals surface area contributed by atoms with Crippen LogP contribution in [0.5, 0.6) is 5.75 Å². The molecule has 4 rings (SSSR count). The summed E-state index contributed by atoms with van der Waals surface area (Å²) in [6.45, 7) is -0.753. The highest BCUT2D eigenvalue weighted by molar-refractivity contribution is 7.92. The molecule has 0 radical (unpaired) electrons. The van der Waals surface area contributed by atoms with Crippen molar-refractivity contribution < 1.29 is 31.5 Å². The highest BCUT2D eigenvalue weighted by Crippen LogP contribution is 2.24. The lowest BCUT2D eigenvalue weighted by atomic mass is 10.0. The number of benzene rings is 3. The van der Waals surface area contributed by atoms with E-state index in [1.54, 1.807) is 24.3 Å². The number of methoxy groups -OCH3 is 1. The van der Waals surface area contributed by atoms with Crippen LogP contribution < -0.4 is 14.4 Å². The molecule has 0 saturated heterocycles. The van der Waals surface area contributed by atoms with E-state index in [1.165, 1.54) is 12.0 Å². The number of nitrogens with zero attached hydrogens (tertiary/aromatic N) is 2. The van der Waals surface area contributed by atoms with E-state index in [0.717, 1.165) is 55.7 Å². The average Bonchev–Trinajstić information content (AvgIpc) is 3.48. The molecule has 0 bridgehead atoms. The SMILES string of the molecule is COc1cccc(CN(C(=O)CN(c2ccc(F)c(F)c2)S(C)(=O)=O)C(Cc2ccccc2)C(=O)NC2CCCC2)c1. The third-order valence-corrected chi connectivity index (χ3v) is 8.47. The zero-order valence-corrected chi connectivity index (χ0v) is 24.4. The van der Waals surface area contributed by atoms with E-state index >= 15 is 0 Å². The highest BCUT2D eigenvalue weighted by atomic mass is 32.2. The van der Waals surface area contributed by atoms with Crippen LogP contribution in [0.4, 0.5) is 14.5 Å². The van der Waals surface area contributed by atoms with Gasteiger partial charge in [0.2, 0.25) is 21.8 Å². The number of rotatable bonds is 12. The number of hydrogen-bond acceptors (Lipinski definition) is 5. The molecule has 1 saturated carbocycles. The maximum atomic E-state index is 14.1. The molecule has 224 valence electrons. The van der Waals surface area contributed by atoms with Crippen molar-refractivity contribution >= 4 is 27.5 Å². The number of nitrogens with one attached hydrogen (secondary N) is 1. The van der Waals surface area contributed by atoms with Crippen LogP contribution in [0.15, 0.2) is 72.8 Å². The molecule has 2 amide bonds. The van der Waals surface area contributed by atoms with Crippen molar-refractivity contribution in [3.63, 3.8) is 0 Å². The van der Waals surface area contributed by atoms with Crippen LogP contribution in [0.25, 0.3) is 0 Å². The zero-order chi connectivity index (χ0) is 30.3. The normalized spacial score (nSPS) is 14.3. The smallest absolute Gasteiger partial charge is 0.244 e. The predicted octanol–water partition coefficient (Wildman–Crippen LogP) is 4.44. The summed E-state index contributed by atoms with van der Waals surface area (Å²) in [7, 11) is -2.59. The van der Waals surface area contributed by atoms with Crippen LogP contribution in [0, 0.1) is 11.6 Å². The maximum absolute atomic E-state index is 14.1. The minimum absolute atomic E-state index is 0.0146. The molecule has 0 aliphatic heterocycles. The monoisotopic (exact) mass is 599 g/mol. The second-order valence-corrected chi connectivity index (χ2v) is 12.3. The fraction of sp³-hybridized carbons (Fsp3) is 0.355. The number of halogens is 2. The summed E-state index contributed by atoms with van der Waals surface area (Å²) in [5.41, 5.74) is 1.27. The Balaban J connectivity index is 1.74. The fourth-order valence-corrected chi connectivity index (χ4v) is 5.98. The van der Waals surface area contributed by atoms with Gasteiger partial charge in [0.25, 0.3) is 0 Å². The molecule has 0 spiro atoms. The van der Waals surface area contributed by atoms with Crippen molar-refractivity contribution in [3.05, 3.63) is 95.6 Å². The summed E-state index contributed by atoms with van der Waals surface area (Å²) in [6.07, 6.45) is 4.73. The number of ether oxygens (including phenoxy) is 1. The third kappa shape index (κ3) is 8.06. The number of carbonyl (C=O) groups is 2. The number of anilines is 1. The van der Waals surface area contributed by atoms with Gasteiger partial charge in [-0.05, 0) is 48.2 Å². The molecule has 42 heavy (non-hydrogen) atoms. The molecule has 3 aromatic rings. The van der Waals surface area contributed by atoms with E-state index in [2.05, 4.69) is 5.32 Å². The standard InChI is InChI=1S/C31H35F2N3O5S/c1-41-26-14-8-11-23(17-26)20-35(30(37)21-36(42(2,39)40)25-15-16-27(32)28(33)19-25)29(18-22-9-4-3-5-10-22)31(38)34-24-12-6-7-13-24/h3-5,8-11,14-17,19,24,29H,6-7,12-13,18,20-21H2,1-2H3,(H,34,38). The number of carbonyl (C=O) groups excluding carboxylic acids is 2. The van der Waals surface area contributed by atoms with Crippen LogP contribution in [-0.4, -0.2) is 57.1 Å². The van der Waals surface area contributed by atoms with Crippen molar-refractivity contribution in [2.24, 2.45) is 0 Å². The molecule has 8 nitrogen and oxygen atoms in total. The summed E-state index contributed by atoms with van der Waals surface area (Å²) in [6, 6.07) is 17.9. The lowest BCUT2D eigenvalue weighted by molar-refractivity contribution is -0.140. The Labute approximate surface area is 245 Å². The van der Waals surface area contributed by atoms with Gasteiger partial charge in [-0.25, -0.2) is 17.2 Å². The molecule has 0 aromatic heterocycles. The molecule has 1 fully saturated rings. The second kappa shape index (κ2) is 13.8. The number of hydrogen-bond donors (Lipinski definition) is 1. The van der Waals surface area contributed by atoms with Crippen LogP contribution >= 0.6 is 0 Å². The summed E-state index contributed by atoms with van der Waals surface area (Å²) < 4.78 is 59.4. The number of amides is 2. The van der Waals surface area contributed by atoms with Gasteiger partial charge in [-0.2, -0.15) is 0 Å². The molecular weight excluding hydrogens is 564 g/mol. The summed E-state index contributed by atoms with van der Waals surface area (Å²) in [5, 5.41) is 3.09. The lowest BCUT2D eigenvalue weighted by Crippen LogP contribution is -2.54. The van der Waals surface area contributed by atoms with Gasteiger partial charge in [-0.1, -0.05) is 55.3 Å². The van der Waals surface area contributed by atoms with E-state index in [1.807, 2.05) is 30.3 Å². The second-order valence-electron chi connectivity index (χ2n) is 10.4. The molecule has 3 aromatic carbocycles. The molecular formula is C31H35F2N3O5S. The first kappa shape index (κ1) is 31.0. The predicted molar refractivity (Wildman–Crippen MR) is 156 cm³/mol. The minimum atomic E-state index is -4.11. The van der Waals surface area contributed by atoms with Crippen molar-refractivity contribution in [1.82, 2.24) is 10.2 Å². The Kier molecular flexibility index (Phi) is 10.2. The summed E-state index contributed by atoms with van der Waals surface area (Å²) in [5.74, 6) is -2.88. The molecule has 1 N–H and O–H groups in total. The van der Waals surface area contributed by atoms with Crippen LogP contribution in [0.3, 0.4) is 0 Å². The van der Waals surface area contributed by atoms with Crippen molar-refractivity contribution in [3.8, 4) is 5.75 Å². The largest absolute Gasteiger partial charge is 0.497 e. The van der Waals surface area contributed by atoms with Crippen molar-refractivity contribution in [1.29, 1.82) is 0 Å². The minimum Gasteiger partial charge on any atom is -0.497 e. The molecule has 1 atom stereocenters. The van der Waals surface area contributed by atoms with Crippen molar-refractivity contribution in [2.75, 3.05) is 24.2 Å². The third-order valence-electron chi connectivity index (χ3n) is 7.33. The van der Waals surface area contributed by atoms with Crippen LogP contribution in [0.1, 0.15) is 36.8 Å². The highest BCUT2D eigenvalue weighted by Gasteiger charge is 2.34. The lowest BCUT2D eigenvalue weighted by Gasteiger charge is -2.34. The summed E-state index contributed by atoms with van der Waals surface area (Å²) >= 11 is 0.